The molecule has 0 aliphatic carbocycles. The van der Waals surface area contributed by atoms with Crippen molar-refractivity contribution < 1.29 is 23.1 Å². The van der Waals surface area contributed by atoms with Crippen molar-refractivity contribution in [2.75, 3.05) is 6.54 Å². The molecule has 1 aromatic heterocycles. The first-order chi connectivity index (χ1) is 9.81. The van der Waals surface area contributed by atoms with Crippen LogP contribution in [0.5, 0.6) is 0 Å². The second-order valence-corrected chi connectivity index (χ2v) is 5.78. The third-order valence-corrected chi connectivity index (χ3v) is 4.22. The van der Waals surface area contributed by atoms with Crippen molar-refractivity contribution >= 4 is 17.2 Å². The smallest absolute Gasteiger partial charge is 0.392 e. The first kappa shape index (κ1) is 16.2. The third-order valence-electron chi connectivity index (χ3n) is 3.26. The number of alkyl halides is 3. The van der Waals surface area contributed by atoms with Gasteiger partial charge >= 0.3 is 6.18 Å². The molecule has 0 aromatic carbocycles. The molecule has 2 rings (SSSR count). The van der Waals surface area contributed by atoms with Crippen LogP contribution in [0.15, 0.2) is 5.38 Å². The van der Waals surface area contributed by atoms with Crippen LogP contribution in [0, 0.1) is 0 Å². The van der Waals surface area contributed by atoms with Gasteiger partial charge in [0.1, 0.15) is 5.01 Å². The molecular formula is C12H16F3N3O2S. The molecule has 3 N–H and O–H groups in total. The molecule has 118 valence electrons. The highest BCUT2D eigenvalue weighted by Crippen LogP contribution is 2.32. The summed E-state index contributed by atoms with van der Waals surface area (Å²) in [6, 6.07) is -1.07. The molecule has 1 aromatic rings. The van der Waals surface area contributed by atoms with E-state index in [0.717, 1.165) is 16.7 Å². The lowest BCUT2D eigenvalue weighted by atomic mass is 10.1. The van der Waals surface area contributed by atoms with Gasteiger partial charge in [-0.25, -0.2) is 4.98 Å². The summed E-state index contributed by atoms with van der Waals surface area (Å²) in [4.78, 5) is 15.6. The number of aliphatic hydroxyl groups is 1. The van der Waals surface area contributed by atoms with Crippen molar-refractivity contribution in [1.29, 1.82) is 0 Å². The zero-order chi connectivity index (χ0) is 15.6. The summed E-state index contributed by atoms with van der Waals surface area (Å²) in [5.41, 5.74) is -0.940. The molecule has 0 saturated carbocycles. The van der Waals surface area contributed by atoms with Crippen molar-refractivity contribution in [3.8, 4) is 0 Å². The Morgan fingerprint density at radius 3 is 2.86 bits per heavy atom. The van der Waals surface area contributed by atoms with Crippen molar-refractivity contribution in [1.82, 2.24) is 15.6 Å². The SMILES string of the molecule is CCC(NC(=O)C1CC(O)CN1)c1nc(C(F)(F)F)cs1. The number of thiazole rings is 1. The second-order valence-electron chi connectivity index (χ2n) is 4.89. The third kappa shape index (κ3) is 3.92. The van der Waals surface area contributed by atoms with Crippen molar-refractivity contribution in [3.63, 3.8) is 0 Å². The maximum absolute atomic E-state index is 12.5. The molecule has 1 saturated heterocycles. The minimum atomic E-state index is -4.48. The number of hydrogen-bond donors (Lipinski definition) is 3. The average molecular weight is 323 g/mol. The summed E-state index contributed by atoms with van der Waals surface area (Å²) in [5, 5.41) is 16.1. The molecule has 0 spiro atoms. The topological polar surface area (TPSA) is 74.2 Å². The number of nitrogens with one attached hydrogen (secondary N) is 2. The number of amides is 1. The lowest BCUT2D eigenvalue weighted by molar-refractivity contribution is -0.140. The van der Waals surface area contributed by atoms with Crippen LogP contribution in [-0.4, -0.2) is 34.7 Å². The number of halogens is 3. The minimum Gasteiger partial charge on any atom is -0.392 e. The Kier molecular flexibility index (Phi) is 4.84. The Morgan fingerprint density at radius 1 is 1.67 bits per heavy atom. The predicted octanol–water partition coefficient (Wildman–Crippen LogP) is 1.45. The summed E-state index contributed by atoms with van der Waals surface area (Å²) in [5.74, 6) is -0.331. The normalized spacial score (nSPS) is 24.0. The Labute approximate surface area is 123 Å². The molecule has 1 aliphatic rings. The zero-order valence-electron chi connectivity index (χ0n) is 11.3. The van der Waals surface area contributed by atoms with Crippen LogP contribution in [0.3, 0.4) is 0 Å². The predicted molar refractivity (Wildman–Crippen MR) is 70.7 cm³/mol. The number of β-amino-alcohol motifs (C(OH)–C–C–N with tert-alkyl or cyclic N) is 1. The van der Waals surface area contributed by atoms with Gasteiger partial charge in [0.15, 0.2) is 5.69 Å². The molecular weight excluding hydrogens is 307 g/mol. The number of aromatic nitrogens is 1. The second kappa shape index (κ2) is 6.29. The Hall–Kier alpha value is -1.19. The van der Waals surface area contributed by atoms with Gasteiger partial charge in [-0.05, 0) is 12.8 Å². The van der Waals surface area contributed by atoms with E-state index < -0.39 is 30.1 Å². The van der Waals surface area contributed by atoms with Gasteiger partial charge in [0, 0.05) is 11.9 Å². The van der Waals surface area contributed by atoms with Crippen LogP contribution in [-0.2, 0) is 11.0 Å². The van der Waals surface area contributed by atoms with E-state index in [2.05, 4.69) is 15.6 Å². The van der Waals surface area contributed by atoms with Gasteiger partial charge in [0.05, 0.1) is 18.2 Å². The van der Waals surface area contributed by atoms with Crippen LogP contribution >= 0.6 is 11.3 Å². The molecule has 1 amide bonds. The van der Waals surface area contributed by atoms with E-state index in [-0.39, 0.29) is 10.9 Å². The first-order valence-electron chi connectivity index (χ1n) is 6.55. The molecule has 0 radical (unpaired) electrons. The summed E-state index contributed by atoms with van der Waals surface area (Å²) in [6.07, 6.45) is -4.31. The summed E-state index contributed by atoms with van der Waals surface area (Å²) in [7, 11) is 0. The molecule has 0 bridgehead atoms. The van der Waals surface area contributed by atoms with E-state index >= 15 is 0 Å². The summed E-state index contributed by atoms with van der Waals surface area (Å²) in [6.45, 7) is 2.10. The molecule has 1 fully saturated rings. The maximum atomic E-state index is 12.5. The molecule has 3 unspecified atom stereocenters. The lowest BCUT2D eigenvalue weighted by Gasteiger charge is -2.17. The Balaban J connectivity index is 2.03. The van der Waals surface area contributed by atoms with Gasteiger partial charge < -0.3 is 15.7 Å². The fraction of sp³-hybridized carbons (Fsp3) is 0.667. The van der Waals surface area contributed by atoms with E-state index in [9.17, 15) is 23.1 Å². The highest BCUT2D eigenvalue weighted by Gasteiger charge is 2.35. The van der Waals surface area contributed by atoms with E-state index in [4.69, 9.17) is 0 Å². The standard InChI is InChI=1S/C12H16F3N3O2S/c1-2-7(11-18-9(5-21-11)12(13,14)15)17-10(20)8-3-6(19)4-16-8/h5-8,16,19H,2-4H2,1H3,(H,17,20). The van der Waals surface area contributed by atoms with Gasteiger partial charge in [-0.1, -0.05) is 6.92 Å². The van der Waals surface area contributed by atoms with Crippen LogP contribution in [0.1, 0.15) is 36.5 Å². The molecule has 21 heavy (non-hydrogen) atoms. The van der Waals surface area contributed by atoms with Crippen LogP contribution in [0.2, 0.25) is 0 Å². The van der Waals surface area contributed by atoms with Crippen LogP contribution < -0.4 is 10.6 Å². The van der Waals surface area contributed by atoms with Gasteiger partial charge in [0.2, 0.25) is 5.91 Å². The van der Waals surface area contributed by atoms with E-state index in [0.29, 0.717) is 19.4 Å². The minimum absolute atomic E-state index is 0.233. The number of aliphatic hydroxyl groups excluding tert-OH is 1. The monoisotopic (exact) mass is 323 g/mol. The van der Waals surface area contributed by atoms with Crippen molar-refractivity contribution in [3.05, 3.63) is 16.1 Å². The van der Waals surface area contributed by atoms with Crippen LogP contribution in [0.4, 0.5) is 13.2 Å². The fourth-order valence-electron chi connectivity index (χ4n) is 2.11. The van der Waals surface area contributed by atoms with E-state index in [1.807, 2.05) is 0 Å². The van der Waals surface area contributed by atoms with Crippen LogP contribution in [0.25, 0.3) is 0 Å². The van der Waals surface area contributed by atoms with Gasteiger partial charge in [-0.3, -0.25) is 4.79 Å². The summed E-state index contributed by atoms with van der Waals surface area (Å²) < 4.78 is 37.6. The zero-order valence-corrected chi connectivity index (χ0v) is 12.1. The molecule has 1 aliphatic heterocycles. The fourth-order valence-corrected chi connectivity index (χ4v) is 3.06. The highest BCUT2D eigenvalue weighted by atomic mass is 32.1. The molecule has 5 nitrogen and oxygen atoms in total. The Bertz CT molecular complexity index is 506. The number of hydrogen-bond acceptors (Lipinski definition) is 5. The van der Waals surface area contributed by atoms with Gasteiger partial charge in [-0.15, -0.1) is 11.3 Å². The number of carbonyl (C=O) groups excluding carboxylic acids is 1. The number of carbonyl (C=O) groups is 1. The molecule has 3 atom stereocenters. The van der Waals surface area contributed by atoms with Crippen molar-refractivity contribution in [2.45, 2.75) is 44.1 Å². The lowest BCUT2D eigenvalue weighted by Crippen LogP contribution is -2.41. The highest BCUT2D eigenvalue weighted by molar-refractivity contribution is 7.09. The average Bonchev–Trinajstić information content (AvgIpc) is 3.03. The number of rotatable bonds is 4. The molecule has 2 heterocycles. The van der Waals surface area contributed by atoms with Gasteiger partial charge in [-0.2, -0.15) is 13.2 Å². The quantitative estimate of drug-likeness (QED) is 0.784. The van der Waals surface area contributed by atoms with E-state index in [1.165, 1.54) is 0 Å². The largest absolute Gasteiger partial charge is 0.434 e. The number of nitrogens with zero attached hydrogens (tertiary/aromatic N) is 1. The van der Waals surface area contributed by atoms with Gasteiger partial charge in [0.25, 0.3) is 0 Å². The Morgan fingerprint density at radius 2 is 2.38 bits per heavy atom. The first-order valence-corrected chi connectivity index (χ1v) is 7.43. The maximum Gasteiger partial charge on any atom is 0.434 e. The molecule has 9 heteroatoms. The summed E-state index contributed by atoms with van der Waals surface area (Å²) >= 11 is 0.879. The van der Waals surface area contributed by atoms with Crippen molar-refractivity contribution in [2.24, 2.45) is 0 Å². The van der Waals surface area contributed by atoms with E-state index in [1.54, 1.807) is 6.92 Å².